The van der Waals surface area contributed by atoms with Gasteiger partial charge in [-0.3, -0.25) is 4.79 Å². The van der Waals surface area contributed by atoms with Crippen molar-refractivity contribution in [2.24, 2.45) is 0 Å². The third-order valence-corrected chi connectivity index (χ3v) is 2.14. The van der Waals surface area contributed by atoms with E-state index in [0.29, 0.717) is 11.3 Å². The molecule has 0 saturated carbocycles. The molecule has 7 heteroatoms. The molecule has 1 N–H and O–H groups in total. The van der Waals surface area contributed by atoms with E-state index in [1.54, 1.807) is 0 Å². The van der Waals surface area contributed by atoms with Crippen LogP contribution in [0.4, 0.5) is 0 Å². The van der Waals surface area contributed by atoms with Crippen molar-refractivity contribution in [1.29, 1.82) is 0 Å². The molecule has 84 valence electrons. The number of nitrogens with zero attached hydrogens (tertiary/aromatic N) is 3. The van der Waals surface area contributed by atoms with Gasteiger partial charge in [-0.25, -0.2) is 0 Å². The summed E-state index contributed by atoms with van der Waals surface area (Å²) >= 11 is 0. The summed E-state index contributed by atoms with van der Waals surface area (Å²) in [5.41, 5.74) is -0.393. The maximum Gasteiger partial charge on any atom is 0.317 e. The van der Waals surface area contributed by atoms with Crippen molar-refractivity contribution in [1.82, 2.24) is 15.2 Å². The first-order valence-corrected chi connectivity index (χ1v) is 4.38. The van der Waals surface area contributed by atoms with Crippen LogP contribution in [0.25, 0.3) is 10.9 Å². The van der Waals surface area contributed by atoms with Gasteiger partial charge in [-0.2, -0.15) is 0 Å². The Kier molecular flexibility index (Phi) is 2.35. The van der Waals surface area contributed by atoms with Crippen LogP contribution in [0.2, 0.25) is 0 Å². The zero-order valence-electron chi connectivity index (χ0n) is 8.67. The van der Waals surface area contributed by atoms with Gasteiger partial charge in [-0.15, -0.1) is 5.10 Å². The smallest absolute Gasteiger partial charge is 0.317 e. The monoisotopic (exact) mass is 223 g/mol. The number of methoxy groups -OCH3 is 2. The number of fused-ring (bicyclic) bond motifs is 1. The summed E-state index contributed by atoms with van der Waals surface area (Å²) in [7, 11) is 2.90. The van der Waals surface area contributed by atoms with Crippen molar-refractivity contribution >= 4 is 10.9 Å². The first-order chi connectivity index (χ1) is 7.67. The molecular formula is C9H9N3O4. The molecule has 0 amide bonds. The van der Waals surface area contributed by atoms with Crippen LogP contribution in [0.3, 0.4) is 0 Å². The van der Waals surface area contributed by atoms with Crippen LogP contribution in [0.5, 0.6) is 11.5 Å². The molecule has 0 saturated heterocycles. The number of ether oxygens (including phenoxy) is 2. The van der Waals surface area contributed by atoms with Crippen LogP contribution in [-0.2, 0) is 0 Å². The van der Waals surface area contributed by atoms with E-state index < -0.39 is 5.56 Å². The van der Waals surface area contributed by atoms with E-state index in [1.807, 2.05) is 0 Å². The van der Waals surface area contributed by atoms with Gasteiger partial charge in [0.05, 0.1) is 14.2 Å². The summed E-state index contributed by atoms with van der Waals surface area (Å²) in [4.78, 5) is 11.8. The third-order valence-electron chi connectivity index (χ3n) is 2.14. The Morgan fingerprint density at radius 3 is 2.69 bits per heavy atom. The second-order valence-electron chi connectivity index (χ2n) is 3.01. The van der Waals surface area contributed by atoms with E-state index in [9.17, 15) is 4.79 Å². The Labute approximate surface area is 89.8 Å². The standard InChI is InChI=1S/C9H9N3O4/c1-15-5-3-6-8(7(4-5)16-2)9(13)12(14)11-10-6/h3-4,14H,1-2H3. The zero-order chi connectivity index (χ0) is 11.7. The lowest BCUT2D eigenvalue weighted by molar-refractivity contribution is 0.127. The van der Waals surface area contributed by atoms with E-state index in [1.165, 1.54) is 26.4 Å². The summed E-state index contributed by atoms with van der Waals surface area (Å²) in [5.74, 6) is 0.769. The van der Waals surface area contributed by atoms with Gasteiger partial charge >= 0.3 is 5.56 Å². The van der Waals surface area contributed by atoms with Gasteiger partial charge in [0.2, 0.25) is 0 Å². The van der Waals surface area contributed by atoms with E-state index in [4.69, 9.17) is 14.7 Å². The molecule has 0 spiro atoms. The molecule has 0 atom stereocenters. The summed E-state index contributed by atoms with van der Waals surface area (Å²) in [5, 5.41) is 16.2. The van der Waals surface area contributed by atoms with Gasteiger partial charge in [-0.1, -0.05) is 0 Å². The van der Waals surface area contributed by atoms with E-state index in [0.717, 1.165) is 0 Å². The normalized spacial score (nSPS) is 10.4. The third kappa shape index (κ3) is 1.42. The fourth-order valence-electron chi connectivity index (χ4n) is 1.38. The number of hydrogen-bond donors (Lipinski definition) is 1. The van der Waals surface area contributed by atoms with Gasteiger partial charge in [-0.05, 0) is 10.1 Å². The minimum Gasteiger partial charge on any atom is -0.497 e. The van der Waals surface area contributed by atoms with Crippen LogP contribution in [0.1, 0.15) is 0 Å². The van der Waals surface area contributed by atoms with Crippen LogP contribution in [-0.4, -0.2) is 34.6 Å². The fourth-order valence-corrected chi connectivity index (χ4v) is 1.38. The number of benzene rings is 1. The van der Waals surface area contributed by atoms with Crippen LogP contribution in [0.15, 0.2) is 16.9 Å². The molecule has 7 nitrogen and oxygen atoms in total. The number of aromatic nitrogens is 3. The molecule has 16 heavy (non-hydrogen) atoms. The SMILES string of the molecule is COc1cc(OC)c2c(=O)n(O)nnc2c1. The molecule has 2 rings (SSSR count). The fraction of sp³-hybridized carbons (Fsp3) is 0.222. The molecule has 0 aliphatic rings. The summed E-state index contributed by atoms with van der Waals surface area (Å²) < 4.78 is 10.0. The van der Waals surface area contributed by atoms with Gasteiger partial charge in [0.15, 0.2) is 0 Å². The first-order valence-electron chi connectivity index (χ1n) is 4.38. The average Bonchev–Trinajstić information content (AvgIpc) is 2.32. The lowest BCUT2D eigenvalue weighted by Crippen LogP contribution is -2.22. The van der Waals surface area contributed by atoms with Gasteiger partial charge in [0, 0.05) is 12.1 Å². The lowest BCUT2D eigenvalue weighted by atomic mass is 10.2. The predicted octanol–water partition coefficient (Wildman–Crippen LogP) is 0.0460. The highest BCUT2D eigenvalue weighted by Gasteiger charge is 2.12. The van der Waals surface area contributed by atoms with Crippen molar-refractivity contribution in [2.75, 3.05) is 14.2 Å². The highest BCUT2D eigenvalue weighted by molar-refractivity contribution is 5.85. The Bertz CT molecular complexity index is 593. The minimum absolute atomic E-state index is 0.154. The molecule has 2 aromatic rings. The molecule has 1 aromatic carbocycles. The first kappa shape index (κ1) is 10.2. The molecule has 0 bridgehead atoms. The Hall–Kier alpha value is -2.31. The maximum atomic E-state index is 11.6. The van der Waals surface area contributed by atoms with Crippen molar-refractivity contribution in [2.45, 2.75) is 0 Å². The minimum atomic E-state index is -0.690. The second kappa shape index (κ2) is 3.69. The van der Waals surface area contributed by atoms with Crippen molar-refractivity contribution < 1.29 is 14.7 Å². The molecule has 1 aromatic heterocycles. The summed E-state index contributed by atoms with van der Waals surface area (Å²) in [6, 6.07) is 3.07. The van der Waals surface area contributed by atoms with Gasteiger partial charge in [0.25, 0.3) is 0 Å². The van der Waals surface area contributed by atoms with Crippen LogP contribution >= 0.6 is 0 Å². The Morgan fingerprint density at radius 2 is 2.06 bits per heavy atom. The molecule has 0 radical (unpaired) electrons. The quantitative estimate of drug-likeness (QED) is 0.723. The van der Waals surface area contributed by atoms with Crippen molar-refractivity contribution in [3.05, 3.63) is 22.5 Å². The van der Waals surface area contributed by atoms with Crippen molar-refractivity contribution in [3.8, 4) is 11.5 Å². The maximum absolute atomic E-state index is 11.6. The highest BCUT2D eigenvalue weighted by Crippen LogP contribution is 2.26. The Morgan fingerprint density at radius 1 is 1.31 bits per heavy atom. The van der Waals surface area contributed by atoms with Crippen LogP contribution < -0.4 is 15.0 Å². The highest BCUT2D eigenvalue weighted by atomic mass is 16.5. The molecule has 0 aliphatic carbocycles. The number of hydrogen-bond acceptors (Lipinski definition) is 6. The lowest BCUT2D eigenvalue weighted by Gasteiger charge is -2.06. The summed E-state index contributed by atoms with van der Waals surface area (Å²) in [6.45, 7) is 0. The van der Waals surface area contributed by atoms with E-state index in [-0.39, 0.29) is 16.0 Å². The predicted molar refractivity (Wildman–Crippen MR) is 54.1 cm³/mol. The average molecular weight is 223 g/mol. The largest absolute Gasteiger partial charge is 0.497 e. The molecular weight excluding hydrogens is 214 g/mol. The van der Waals surface area contributed by atoms with E-state index >= 15 is 0 Å². The van der Waals surface area contributed by atoms with E-state index in [2.05, 4.69) is 10.3 Å². The number of rotatable bonds is 2. The summed E-state index contributed by atoms with van der Waals surface area (Å²) in [6.07, 6.45) is 0. The topological polar surface area (TPSA) is 86.5 Å². The molecule has 1 heterocycles. The van der Waals surface area contributed by atoms with Crippen LogP contribution in [0, 0.1) is 0 Å². The molecule has 0 unspecified atom stereocenters. The van der Waals surface area contributed by atoms with Crippen molar-refractivity contribution in [3.63, 3.8) is 0 Å². The molecule has 0 aliphatic heterocycles. The molecule has 0 fully saturated rings. The second-order valence-corrected chi connectivity index (χ2v) is 3.01. The zero-order valence-corrected chi connectivity index (χ0v) is 8.67. The van der Waals surface area contributed by atoms with Gasteiger partial charge < -0.3 is 14.7 Å². The van der Waals surface area contributed by atoms with Gasteiger partial charge in [0.1, 0.15) is 22.4 Å². The Balaban J connectivity index is 2.90.